The predicted molar refractivity (Wildman–Crippen MR) is 87.8 cm³/mol. The van der Waals surface area contributed by atoms with E-state index in [0.29, 0.717) is 19.6 Å². The number of carbonyl (C=O) groups excluding carboxylic acids is 4. The average molecular weight is 360 g/mol. The molecule has 0 radical (unpaired) electrons. The minimum Gasteiger partial charge on any atom is -0.368 e. The molecule has 1 aromatic rings. The van der Waals surface area contributed by atoms with E-state index in [1.54, 1.807) is 4.90 Å². The number of piperidine rings is 1. The van der Waals surface area contributed by atoms with Crippen LogP contribution < -0.4 is 16.0 Å². The van der Waals surface area contributed by atoms with Crippen molar-refractivity contribution in [2.75, 3.05) is 24.5 Å². The molecule has 9 heteroatoms. The van der Waals surface area contributed by atoms with Crippen molar-refractivity contribution in [2.45, 2.75) is 18.9 Å². The topological polar surface area (TPSA) is 113 Å². The zero-order chi connectivity index (χ0) is 18.6. The highest BCUT2D eigenvalue weighted by Gasteiger charge is 2.45. The summed E-state index contributed by atoms with van der Waals surface area (Å²) < 4.78 is 14.5. The van der Waals surface area contributed by atoms with E-state index in [1.165, 1.54) is 6.07 Å². The fourth-order valence-electron chi connectivity index (χ4n) is 3.64. The molecule has 3 aliphatic rings. The number of carbonyl (C=O) groups is 4. The van der Waals surface area contributed by atoms with E-state index in [2.05, 4.69) is 5.32 Å². The highest BCUT2D eigenvalue weighted by atomic mass is 19.1. The monoisotopic (exact) mass is 360 g/mol. The third-order valence-electron chi connectivity index (χ3n) is 5.14. The molecule has 3 aliphatic heterocycles. The number of rotatable bonds is 3. The second-order valence-electron chi connectivity index (χ2n) is 6.80. The second kappa shape index (κ2) is 5.87. The molecule has 1 aromatic carbocycles. The predicted octanol–water partition coefficient (Wildman–Crippen LogP) is -0.378. The van der Waals surface area contributed by atoms with Crippen LogP contribution in [0.4, 0.5) is 10.1 Å². The SMILES string of the molecule is NCC1CN(c2cc3c(cc2F)C(=O)N(C2CCC(=O)NC2=O)C3=O)C1. The molecule has 3 N–H and O–H groups in total. The number of nitrogens with two attached hydrogens (primary N) is 1. The Bertz CT molecular complexity index is 849. The lowest BCUT2D eigenvalue weighted by molar-refractivity contribution is -0.136. The number of anilines is 1. The van der Waals surface area contributed by atoms with Crippen LogP contribution in [-0.2, 0) is 9.59 Å². The summed E-state index contributed by atoms with van der Waals surface area (Å²) in [5, 5.41) is 2.13. The Kier molecular flexibility index (Phi) is 3.76. The summed E-state index contributed by atoms with van der Waals surface area (Å²) in [7, 11) is 0. The number of amides is 4. The Hall–Kier alpha value is -2.81. The maximum atomic E-state index is 14.5. The lowest BCUT2D eigenvalue weighted by Gasteiger charge is -2.40. The first-order valence-electron chi connectivity index (χ1n) is 8.41. The molecule has 0 aliphatic carbocycles. The van der Waals surface area contributed by atoms with Crippen molar-refractivity contribution in [1.29, 1.82) is 0 Å². The standard InChI is InChI=1S/C17H17FN4O4/c18-11-3-9-10(4-13(11)21-6-8(5-19)7-21)17(26)22(16(9)25)12-1-2-14(23)20-15(12)24/h3-4,8,12H,1-2,5-7,19H2,(H,20,23,24). The van der Waals surface area contributed by atoms with Gasteiger partial charge >= 0.3 is 0 Å². The molecular formula is C17H17FN4O4. The van der Waals surface area contributed by atoms with Gasteiger partial charge in [0, 0.05) is 25.4 Å². The van der Waals surface area contributed by atoms with Gasteiger partial charge in [-0.15, -0.1) is 0 Å². The summed E-state index contributed by atoms with van der Waals surface area (Å²) in [5.41, 5.74) is 5.85. The third kappa shape index (κ3) is 2.38. The van der Waals surface area contributed by atoms with Crippen molar-refractivity contribution < 1.29 is 23.6 Å². The van der Waals surface area contributed by atoms with Crippen molar-refractivity contribution in [2.24, 2.45) is 11.7 Å². The summed E-state index contributed by atoms with van der Waals surface area (Å²) in [6.45, 7) is 1.68. The van der Waals surface area contributed by atoms with Crippen LogP contribution in [0.25, 0.3) is 0 Å². The summed E-state index contributed by atoms with van der Waals surface area (Å²) in [6.07, 6.45) is 0.105. The van der Waals surface area contributed by atoms with Crippen molar-refractivity contribution in [3.05, 3.63) is 29.1 Å². The number of hydrogen-bond acceptors (Lipinski definition) is 6. The van der Waals surface area contributed by atoms with E-state index < -0.39 is 35.5 Å². The minimum atomic E-state index is -1.06. The molecule has 1 atom stereocenters. The smallest absolute Gasteiger partial charge is 0.262 e. The van der Waals surface area contributed by atoms with Gasteiger partial charge in [-0.2, -0.15) is 0 Å². The maximum Gasteiger partial charge on any atom is 0.262 e. The van der Waals surface area contributed by atoms with Crippen LogP contribution in [0.2, 0.25) is 0 Å². The Balaban J connectivity index is 1.64. The van der Waals surface area contributed by atoms with Gasteiger partial charge in [0.05, 0.1) is 16.8 Å². The van der Waals surface area contributed by atoms with E-state index >= 15 is 0 Å². The van der Waals surface area contributed by atoms with Gasteiger partial charge in [-0.25, -0.2) is 4.39 Å². The fraction of sp³-hybridized carbons (Fsp3) is 0.412. The van der Waals surface area contributed by atoms with Crippen molar-refractivity contribution in [1.82, 2.24) is 10.2 Å². The lowest BCUT2D eigenvalue weighted by Crippen LogP contribution is -2.54. The second-order valence-corrected chi connectivity index (χ2v) is 6.80. The average Bonchev–Trinajstić information content (AvgIpc) is 2.78. The van der Waals surface area contributed by atoms with Crippen molar-refractivity contribution >= 4 is 29.3 Å². The number of benzene rings is 1. The highest BCUT2D eigenvalue weighted by molar-refractivity contribution is 6.23. The molecule has 0 aromatic heterocycles. The van der Waals surface area contributed by atoms with Crippen molar-refractivity contribution in [3.63, 3.8) is 0 Å². The molecule has 0 bridgehead atoms. The molecule has 4 rings (SSSR count). The summed E-state index contributed by atoms with van der Waals surface area (Å²) in [4.78, 5) is 51.2. The zero-order valence-electron chi connectivity index (χ0n) is 13.8. The van der Waals surface area contributed by atoms with E-state index in [9.17, 15) is 23.6 Å². The molecule has 3 heterocycles. The van der Waals surface area contributed by atoms with Gasteiger partial charge < -0.3 is 10.6 Å². The molecule has 2 fully saturated rings. The molecule has 8 nitrogen and oxygen atoms in total. The van der Waals surface area contributed by atoms with Gasteiger partial charge in [0.2, 0.25) is 11.8 Å². The van der Waals surface area contributed by atoms with E-state index in [-0.39, 0.29) is 35.6 Å². The molecular weight excluding hydrogens is 343 g/mol. The van der Waals surface area contributed by atoms with Gasteiger partial charge in [-0.05, 0) is 25.1 Å². The molecule has 2 saturated heterocycles. The third-order valence-corrected chi connectivity index (χ3v) is 5.14. The van der Waals surface area contributed by atoms with Crippen LogP contribution in [-0.4, -0.2) is 54.2 Å². The highest BCUT2D eigenvalue weighted by Crippen LogP contribution is 2.34. The number of nitrogens with zero attached hydrogens (tertiary/aromatic N) is 2. The van der Waals surface area contributed by atoms with Crippen LogP contribution in [0, 0.1) is 11.7 Å². The number of nitrogens with one attached hydrogen (secondary N) is 1. The van der Waals surface area contributed by atoms with Gasteiger partial charge in [0.15, 0.2) is 0 Å². The summed E-state index contributed by atoms with van der Waals surface area (Å²) in [5.74, 6) is -2.80. The molecule has 4 amide bonds. The number of halogens is 1. The van der Waals surface area contributed by atoms with Crippen LogP contribution in [0.15, 0.2) is 12.1 Å². The first-order valence-corrected chi connectivity index (χ1v) is 8.41. The van der Waals surface area contributed by atoms with E-state index in [4.69, 9.17) is 5.73 Å². The summed E-state index contributed by atoms with van der Waals surface area (Å²) in [6, 6.07) is 1.35. The zero-order valence-corrected chi connectivity index (χ0v) is 13.8. The Morgan fingerprint density at radius 1 is 1.12 bits per heavy atom. The minimum absolute atomic E-state index is 0.0394. The first kappa shape index (κ1) is 16.6. The van der Waals surface area contributed by atoms with Crippen LogP contribution in [0.1, 0.15) is 33.6 Å². The molecule has 26 heavy (non-hydrogen) atoms. The number of fused-ring (bicyclic) bond motifs is 1. The lowest BCUT2D eigenvalue weighted by atomic mass is 9.98. The van der Waals surface area contributed by atoms with Crippen molar-refractivity contribution in [3.8, 4) is 0 Å². The Morgan fingerprint density at radius 3 is 2.38 bits per heavy atom. The molecule has 1 unspecified atom stereocenters. The van der Waals surface area contributed by atoms with Crippen LogP contribution in [0.3, 0.4) is 0 Å². The van der Waals surface area contributed by atoms with Gasteiger partial charge in [0.1, 0.15) is 11.9 Å². The van der Waals surface area contributed by atoms with Gasteiger partial charge in [-0.3, -0.25) is 29.4 Å². The quantitative estimate of drug-likeness (QED) is 0.711. The molecule has 136 valence electrons. The Labute approximate surface area is 148 Å². The molecule has 0 spiro atoms. The van der Waals surface area contributed by atoms with Gasteiger partial charge in [-0.1, -0.05) is 0 Å². The number of imide groups is 2. The van der Waals surface area contributed by atoms with Gasteiger partial charge in [0.25, 0.3) is 11.8 Å². The van der Waals surface area contributed by atoms with E-state index in [1.807, 2.05) is 0 Å². The van der Waals surface area contributed by atoms with E-state index in [0.717, 1.165) is 11.0 Å². The summed E-state index contributed by atoms with van der Waals surface area (Å²) >= 11 is 0. The molecule has 0 saturated carbocycles. The van der Waals surface area contributed by atoms with Crippen LogP contribution in [0.5, 0.6) is 0 Å². The first-order chi connectivity index (χ1) is 12.4. The van der Waals surface area contributed by atoms with Crippen LogP contribution >= 0.6 is 0 Å². The normalized spacial score (nSPS) is 23.2. The maximum absolute atomic E-state index is 14.5. The fourth-order valence-corrected chi connectivity index (χ4v) is 3.64. The Morgan fingerprint density at radius 2 is 1.77 bits per heavy atom. The largest absolute Gasteiger partial charge is 0.368 e. The number of hydrogen-bond donors (Lipinski definition) is 2.